The van der Waals surface area contributed by atoms with Crippen molar-refractivity contribution in [3.05, 3.63) is 28.2 Å². The predicted molar refractivity (Wildman–Crippen MR) is 71.7 cm³/mol. The van der Waals surface area contributed by atoms with Crippen LogP contribution in [0.15, 0.2) is 22.7 Å². The zero-order valence-electron chi connectivity index (χ0n) is 9.99. The number of amides is 1. The highest BCUT2D eigenvalue weighted by Gasteiger charge is 2.15. The van der Waals surface area contributed by atoms with Crippen LogP contribution in [-0.4, -0.2) is 30.8 Å². The number of ether oxygens (including phenoxy) is 1. The van der Waals surface area contributed by atoms with Crippen molar-refractivity contribution in [3.63, 3.8) is 0 Å². The fourth-order valence-corrected chi connectivity index (χ4v) is 2.20. The fraction of sp³-hybridized carbons (Fsp3) is 0.462. The minimum Gasteiger partial charge on any atom is -0.507 e. The van der Waals surface area contributed by atoms with Gasteiger partial charge in [0.25, 0.3) is 5.91 Å². The van der Waals surface area contributed by atoms with E-state index in [4.69, 9.17) is 4.74 Å². The van der Waals surface area contributed by atoms with Gasteiger partial charge in [-0.05, 0) is 52.9 Å². The number of hydrogen-bond donors (Lipinski definition) is 2. The third kappa shape index (κ3) is 3.46. The van der Waals surface area contributed by atoms with Crippen LogP contribution in [0.2, 0.25) is 0 Å². The Morgan fingerprint density at radius 1 is 1.56 bits per heavy atom. The Morgan fingerprint density at radius 3 is 3.06 bits per heavy atom. The molecule has 4 nitrogen and oxygen atoms in total. The molecule has 0 aromatic heterocycles. The molecule has 1 saturated heterocycles. The van der Waals surface area contributed by atoms with E-state index >= 15 is 0 Å². The highest BCUT2D eigenvalue weighted by Crippen LogP contribution is 2.24. The molecule has 1 heterocycles. The van der Waals surface area contributed by atoms with E-state index in [9.17, 15) is 9.90 Å². The Balaban J connectivity index is 1.81. The second-order valence-corrected chi connectivity index (χ2v) is 5.29. The van der Waals surface area contributed by atoms with Gasteiger partial charge >= 0.3 is 0 Å². The molecular weight excluding hydrogens is 298 g/mol. The average Bonchev–Trinajstić information content (AvgIpc) is 2.85. The summed E-state index contributed by atoms with van der Waals surface area (Å²) in [5, 5.41) is 12.4. The summed E-state index contributed by atoms with van der Waals surface area (Å²) in [7, 11) is 0. The highest BCUT2D eigenvalue weighted by atomic mass is 79.9. The number of nitrogens with one attached hydrogen (secondary N) is 1. The first-order chi connectivity index (χ1) is 8.66. The van der Waals surface area contributed by atoms with Gasteiger partial charge in [-0.25, -0.2) is 0 Å². The van der Waals surface area contributed by atoms with E-state index in [0.717, 1.165) is 26.1 Å². The first-order valence-electron chi connectivity index (χ1n) is 6.01. The van der Waals surface area contributed by atoms with Crippen LogP contribution in [0.25, 0.3) is 0 Å². The normalized spacial score (nSPS) is 18.8. The van der Waals surface area contributed by atoms with E-state index in [0.29, 0.717) is 22.5 Å². The van der Waals surface area contributed by atoms with Crippen molar-refractivity contribution in [3.8, 4) is 5.75 Å². The number of carbonyl (C=O) groups is 1. The van der Waals surface area contributed by atoms with E-state index in [-0.39, 0.29) is 11.7 Å². The topological polar surface area (TPSA) is 58.6 Å². The van der Waals surface area contributed by atoms with E-state index in [1.165, 1.54) is 6.07 Å². The minimum atomic E-state index is -0.156. The van der Waals surface area contributed by atoms with Crippen molar-refractivity contribution < 1.29 is 14.6 Å². The van der Waals surface area contributed by atoms with Crippen molar-refractivity contribution >= 4 is 21.8 Å². The Bertz CT molecular complexity index is 430. The van der Waals surface area contributed by atoms with Gasteiger partial charge in [0.05, 0.1) is 4.47 Å². The molecule has 0 bridgehead atoms. The molecule has 1 unspecified atom stereocenters. The summed E-state index contributed by atoms with van der Waals surface area (Å²) >= 11 is 3.18. The van der Waals surface area contributed by atoms with Crippen LogP contribution in [0.1, 0.15) is 23.2 Å². The van der Waals surface area contributed by atoms with E-state index in [1.54, 1.807) is 12.1 Å². The Hall–Kier alpha value is -1.07. The second kappa shape index (κ2) is 6.20. The number of rotatable bonds is 4. The summed E-state index contributed by atoms with van der Waals surface area (Å²) in [5.41, 5.74) is 0.471. The summed E-state index contributed by atoms with van der Waals surface area (Å²) < 4.78 is 5.86. The second-order valence-electron chi connectivity index (χ2n) is 4.44. The summed E-state index contributed by atoms with van der Waals surface area (Å²) in [5.74, 6) is 0.479. The first kappa shape index (κ1) is 13.4. The number of halogens is 1. The standard InChI is InChI=1S/C13H16BrNO3/c14-11-2-1-10(7-12(11)16)13(17)15-5-3-9-4-6-18-8-9/h1-2,7,9,16H,3-6,8H2,(H,15,17). The maximum atomic E-state index is 11.8. The van der Waals surface area contributed by atoms with Crippen molar-refractivity contribution in [2.45, 2.75) is 12.8 Å². The molecule has 0 saturated carbocycles. The molecule has 1 aliphatic heterocycles. The number of benzene rings is 1. The molecule has 0 spiro atoms. The molecule has 0 aliphatic carbocycles. The zero-order chi connectivity index (χ0) is 13.0. The van der Waals surface area contributed by atoms with Gasteiger partial charge in [-0.15, -0.1) is 0 Å². The Morgan fingerprint density at radius 2 is 2.39 bits per heavy atom. The zero-order valence-corrected chi connectivity index (χ0v) is 11.6. The molecule has 2 rings (SSSR count). The van der Waals surface area contributed by atoms with E-state index < -0.39 is 0 Å². The molecular formula is C13H16BrNO3. The smallest absolute Gasteiger partial charge is 0.251 e. The van der Waals surface area contributed by atoms with Crippen LogP contribution < -0.4 is 5.32 Å². The molecule has 1 amide bonds. The van der Waals surface area contributed by atoms with Crippen LogP contribution in [0, 0.1) is 5.92 Å². The molecule has 1 fully saturated rings. The van der Waals surface area contributed by atoms with Gasteiger partial charge in [0, 0.05) is 25.3 Å². The highest BCUT2D eigenvalue weighted by molar-refractivity contribution is 9.10. The third-order valence-electron chi connectivity index (χ3n) is 3.07. The molecule has 1 aromatic rings. The fourth-order valence-electron chi connectivity index (χ4n) is 1.96. The van der Waals surface area contributed by atoms with Crippen molar-refractivity contribution in [2.24, 2.45) is 5.92 Å². The molecule has 0 radical (unpaired) electrons. The van der Waals surface area contributed by atoms with Gasteiger partial charge in [0.1, 0.15) is 5.75 Å². The van der Waals surface area contributed by atoms with Gasteiger partial charge in [-0.2, -0.15) is 0 Å². The summed E-state index contributed by atoms with van der Waals surface area (Å²) in [6, 6.07) is 4.80. The summed E-state index contributed by atoms with van der Waals surface area (Å²) in [4.78, 5) is 11.8. The molecule has 5 heteroatoms. The van der Waals surface area contributed by atoms with Crippen LogP contribution >= 0.6 is 15.9 Å². The first-order valence-corrected chi connectivity index (χ1v) is 6.80. The number of hydrogen-bond acceptors (Lipinski definition) is 3. The van der Waals surface area contributed by atoms with Crippen molar-refractivity contribution in [2.75, 3.05) is 19.8 Å². The number of carbonyl (C=O) groups excluding carboxylic acids is 1. The van der Waals surface area contributed by atoms with Crippen LogP contribution in [0.5, 0.6) is 5.75 Å². The molecule has 2 N–H and O–H groups in total. The number of phenolic OH excluding ortho intramolecular Hbond substituents is 1. The minimum absolute atomic E-state index is 0.0758. The molecule has 1 aliphatic rings. The molecule has 18 heavy (non-hydrogen) atoms. The maximum absolute atomic E-state index is 11.8. The summed E-state index contributed by atoms with van der Waals surface area (Å²) in [6.07, 6.45) is 2.02. The largest absolute Gasteiger partial charge is 0.507 e. The van der Waals surface area contributed by atoms with Crippen molar-refractivity contribution in [1.82, 2.24) is 5.32 Å². The van der Waals surface area contributed by atoms with Crippen molar-refractivity contribution in [1.29, 1.82) is 0 Å². The lowest BCUT2D eigenvalue weighted by Gasteiger charge is -2.09. The lowest BCUT2D eigenvalue weighted by atomic mass is 10.1. The molecule has 98 valence electrons. The lowest BCUT2D eigenvalue weighted by Crippen LogP contribution is -2.26. The molecule has 1 atom stereocenters. The van der Waals surface area contributed by atoms with Crippen LogP contribution in [0.3, 0.4) is 0 Å². The molecule has 1 aromatic carbocycles. The maximum Gasteiger partial charge on any atom is 0.251 e. The van der Waals surface area contributed by atoms with Gasteiger partial charge in [0.2, 0.25) is 0 Å². The van der Waals surface area contributed by atoms with Gasteiger partial charge < -0.3 is 15.2 Å². The summed E-state index contributed by atoms with van der Waals surface area (Å²) in [6.45, 7) is 2.28. The third-order valence-corrected chi connectivity index (χ3v) is 3.74. The lowest BCUT2D eigenvalue weighted by molar-refractivity contribution is 0.0950. The average molecular weight is 314 g/mol. The van der Waals surface area contributed by atoms with E-state index in [1.807, 2.05) is 0 Å². The van der Waals surface area contributed by atoms with E-state index in [2.05, 4.69) is 21.2 Å². The van der Waals surface area contributed by atoms with Gasteiger partial charge in [-0.1, -0.05) is 0 Å². The quantitative estimate of drug-likeness (QED) is 0.897. The monoisotopic (exact) mass is 313 g/mol. The SMILES string of the molecule is O=C(NCCC1CCOC1)c1ccc(Br)c(O)c1. The number of aromatic hydroxyl groups is 1. The van der Waals surface area contributed by atoms with Gasteiger partial charge in [-0.3, -0.25) is 4.79 Å². The van der Waals surface area contributed by atoms with Gasteiger partial charge in [0.15, 0.2) is 0 Å². The predicted octanol–water partition coefficient (Wildman–Crippen LogP) is 2.31. The Kier molecular flexibility index (Phi) is 4.60. The van der Waals surface area contributed by atoms with Crippen LogP contribution in [-0.2, 0) is 4.74 Å². The van der Waals surface area contributed by atoms with Crippen LogP contribution in [0.4, 0.5) is 0 Å². The number of phenols is 1. The Labute approximate surface area is 114 Å².